The lowest BCUT2D eigenvalue weighted by molar-refractivity contribution is -0.274. The van der Waals surface area contributed by atoms with Crippen LogP contribution in [0.2, 0.25) is 0 Å². The van der Waals surface area contributed by atoms with E-state index in [1.165, 1.54) is 12.1 Å². The molecule has 11 heteroatoms. The number of H-pyrrole nitrogens is 1. The molecule has 35 heavy (non-hydrogen) atoms. The van der Waals surface area contributed by atoms with Gasteiger partial charge in [0.1, 0.15) is 17.1 Å². The first-order valence-corrected chi connectivity index (χ1v) is 11.7. The molecule has 0 aliphatic carbocycles. The Balaban J connectivity index is 1.22. The number of ether oxygens (including phenoxy) is 2. The maximum Gasteiger partial charge on any atom is 0.573 e. The standard InChI is InChI=1S/C24H26F3N5O3/c25-24(26,27)35-18-3-1-16(2-4-18)23(33)32-9-5-15(6-10-32)19-13-28-22-21(19)31-20(14-29-22)30-17-7-11-34-12-8-17/h1-4,13-15,17H,5-12H2,(H,28,29)(H,30,31). The second kappa shape index (κ2) is 9.73. The number of fused-ring (bicyclic) bond motifs is 1. The Kier molecular flexibility index (Phi) is 6.50. The highest BCUT2D eigenvalue weighted by Crippen LogP contribution is 2.33. The largest absolute Gasteiger partial charge is 0.573 e. The number of hydrogen-bond acceptors (Lipinski definition) is 6. The summed E-state index contributed by atoms with van der Waals surface area (Å²) in [5, 5.41) is 3.46. The van der Waals surface area contributed by atoms with Crippen LogP contribution in [-0.4, -0.2) is 64.5 Å². The molecule has 1 amide bonds. The van der Waals surface area contributed by atoms with Crippen LogP contribution in [0, 0.1) is 0 Å². The van der Waals surface area contributed by atoms with Gasteiger partial charge >= 0.3 is 6.36 Å². The van der Waals surface area contributed by atoms with E-state index in [-0.39, 0.29) is 17.6 Å². The first-order chi connectivity index (χ1) is 16.9. The predicted octanol–water partition coefficient (Wildman–Crippen LogP) is 4.47. The van der Waals surface area contributed by atoms with Crippen LogP contribution in [0.15, 0.2) is 36.7 Å². The number of carbonyl (C=O) groups is 1. The molecule has 0 spiro atoms. The molecule has 2 fully saturated rings. The molecule has 2 aliphatic rings. The van der Waals surface area contributed by atoms with Crippen LogP contribution in [0.4, 0.5) is 19.0 Å². The number of likely N-dealkylation sites (tertiary alicyclic amines) is 1. The van der Waals surface area contributed by atoms with Gasteiger partial charge in [0.2, 0.25) is 0 Å². The van der Waals surface area contributed by atoms with Crippen LogP contribution < -0.4 is 10.1 Å². The fourth-order valence-electron chi connectivity index (χ4n) is 4.72. The van der Waals surface area contributed by atoms with Gasteiger partial charge in [-0.1, -0.05) is 0 Å². The van der Waals surface area contributed by atoms with Crippen LogP contribution in [0.25, 0.3) is 11.2 Å². The van der Waals surface area contributed by atoms with Crippen molar-refractivity contribution in [2.24, 2.45) is 0 Å². The molecule has 4 heterocycles. The number of aromatic nitrogens is 3. The van der Waals surface area contributed by atoms with Crippen LogP contribution >= 0.6 is 0 Å². The topological polar surface area (TPSA) is 92.4 Å². The Hall–Kier alpha value is -3.34. The van der Waals surface area contributed by atoms with Crippen LogP contribution in [-0.2, 0) is 4.74 Å². The van der Waals surface area contributed by atoms with Gasteiger partial charge in [-0.05, 0) is 55.9 Å². The molecule has 2 saturated heterocycles. The smallest absolute Gasteiger partial charge is 0.406 e. The number of aromatic amines is 1. The van der Waals surface area contributed by atoms with Crippen molar-refractivity contribution in [3.05, 3.63) is 47.8 Å². The molecule has 0 radical (unpaired) electrons. The Labute approximate surface area is 199 Å². The highest BCUT2D eigenvalue weighted by Gasteiger charge is 2.31. The first kappa shape index (κ1) is 23.4. The fraction of sp³-hybridized carbons (Fsp3) is 0.458. The number of carbonyl (C=O) groups excluding carboxylic acids is 1. The maximum absolute atomic E-state index is 12.9. The number of amides is 1. The zero-order chi connectivity index (χ0) is 24.4. The molecule has 2 aromatic heterocycles. The van der Waals surface area contributed by atoms with Crippen LogP contribution in [0.1, 0.15) is 47.5 Å². The summed E-state index contributed by atoms with van der Waals surface area (Å²) < 4.78 is 46.3. The van der Waals surface area contributed by atoms with E-state index in [0.29, 0.717) is 24.7 Å². The van der Waals surface area contributed by atoms with Crippen molar-refractivity contribution in [2.45, 2.75) is 44.0 Å². The summed E-state index contributed by atoms with van der Waals surface area (Å²) >= 11 is 0. The molecular formula is C24H26F3N5O3. The average Bonchev–Trinajstić information content (AvgIpc) is 3.27. The second-order valence-corrected chi connectivity index (χ2v) is 8.87. The molecule has 0 bridgehead atoms. The number of nitrogens with zero attached hydrogens (tertiary/aromatic N) is 3. The number of alkyl halides is 3. The Morgan fingerprint density at radius 2 is 1.83 bits per heavy atom. The van der Waals surface area contributed by atoms with Gasteiger partial charge < -0.3 is 24.7 Å². The first-order valence-electron chi connectivity index (χ1n) is 11.7. The van der Waals surface area contributed by atoms with E-state index in [9.17, 15) is 18.0 Å². The molecule has 0 saturated carbocycles. The molecule has 0 unspecified atom stereocenters. The predicted molar refractivity (Wildman–Crippen MR) is 122 cm³/mol. The minimum atomic E-state index is -4.76. The zero-order valence-corrected chi connectivity index (χ0v) is 19.0. The lowest BCUT2D eigenvalue weighted by Crippen LogP contribution is -2.37. The summed E-state index contributed by atoms with van der Waals surface area (Å²) in [6.45, 7) is 2.58. The molecule has 2 N–H and O–H groups in total. The minimum Gasteiger partial charge on any atom is -0.406 e. The average molecular weight is 489 g/mol. The molecule has 0 atom stereocenters. The SMILES string of the molecule is O=C(c1ccc(OC(F)(F)F)cc1)N1CCC(c2c[nH]c3ncc(NC4CCOCC4)nc23)CC1. The van der Waals surface area contributed by atoms with Gasteiger partial charge in [0, 0.05) is 49.7 Å². The molecule has 2 aliphatic heterocycles. The van der Waals surface area contributed by atoms with E-state index in [2.05, 4.69) is 20.0 Å². The van der Waals surface area contributed by atoms with Gasteiger partial charge in [0.25, 0.3) is 5.91 Å². The molecule has 5 rings (SSSR count). The third-order valence-corrected chi connectivity index (χ3v) is 6.54. The maximum atomic E-state index is 12.9. The second-order valence-electron chi connectivity index (χ2n) is 8.87. The number of nitrogens with one attached hydrogen (secondary N) is 2. The van der Waals surface area contributed by atoms with Gasteiger partial charge in [-0.15, -0.1) is 13.2 Å². The Bertz CT molecular complexity index is 1170. The van der Waals surface area contributed by atoms with Gasteiger partial charge in [-0.3, -0.25) is 4.79 Å². The van der Waals surface area contributed by atoms with Gasteiger partial charge in [-0.25, -0.2) is 9.97 Å². The third-order valence-electron chi connectivity index (χ3n) is 6.54. The molecular weight excluding hydrogens is 463 g/mol. The lowest BCUT2D eigenvalue weighted by Gasteiger charge is -2.32. The van der Waals surface area contributed by atoms with Gasteiger partial charge in [0.05, 0.1) is 6.20 Å². The molecule has 3 aromatic rings. The molecule has 186 valence electrons. The molecule has 8 nitrogen and oxygen atoms in total. The van der Waals surface area contributed by atoms with E-state index in [1.54, 1.807) is 11.1 Å². The van der Waals surface area contributed by atoms with Crippen molar-refractivity contribution in [3.8, 4) is 5.75 Å². The van der Waals surface area contributed by atoms with Gasteiger partial charge in [0.15, 0.2) is 5.65 Å². The fourth-order valence-corrected chi connectivity index (χ4v) is 4.72. The van der Waals surface area contributed by atoms with Crippen molar-refractivity contribution < 1.29 is 27.4 Å². The highest BCUT2D eigenvalue weighted by atomic mass is 19.4. The van der Waals surface area contributed by atoms with Crippen molar-refractivity contribution in [1.29, 1.82) is 0 Å². The van der Waals surface area contributed by atoms with E-state index < -0.39 is 6.36 Å². The molecule has 1 aromatic carbocycles. The number of rotatable bonds is 5. The summed E-state index contributed by atoms with van der Waals surface area (Å²) in [5.74, 6) is 0.418. The van der Waals surface area contributed by atoms with Gasteiger partial charge in [-0.2, -0.15) is 0 Å². The Morgan fingerprint density at radius 1 is 1.11 bits per heavy atom. The minimum absolute atomic E-state index is 0.205. The van der Waals surface area contributed by atoms with E-state index in [4.69, 9.17) is 9.72 Å². The Morgan fingerprint density at radius 3 is 2.51 bits per heavy atom. The quantitative estimate of drug-likeness (QED) is 0.550. The van der Waals surface area contributed by atoms with Crippen molar-refractivity contribution >= 4 is 22.9 Å². The lowest BCUT2D eigenvalue weighted by atomic mass is 9.90. The van der Waals surface area contributed by atoms with E-state index >= 15 is 0 Å². The number of piperidine rings is 1. The third kappa shape index (κ3) is 5.50. The summed E-state index contributed by atoms with van der Waals surface area (Å²) in [4.78, 5) is 27.1. The number of hydrogen-bond donors (Lipinski definition) is 2. The summed E-state index contributed by atoms with van der Waals surface area (Å²) in [5.41, 5.74) is 2.99. The monoisotopic (exact) mass is 489 g/mol. The highest BCUT2D eigenvalue weighted by molar-refractivity contribution is 5.94. The van der Waals surface area contributed by atoms with Crippen molar-refractivity contribution in [3.63, 3.8) is 0 Å². The summed E-state index contributed by atoms with van der Waals surface area (Å²) in [6.07, 6.45) is 2.31. The van der Waals surface area contributed by atoms with Crippen molar-refractivity contribution in [2.75, 3.05) is 31.6 Å². The van der Waals surface area contributed by atoms with E-state index in [1.807, 2.05) is 6.20 Å². The van der Waals surface area contributed by atoms with Crippen molar-refractivity contribution in [1.82, 2.24) is 19.9 Å². The van der Waals surface area contributed by atoms with Crippen LogP contribution in [0.3, 0.4) is 0 Å². The van der Waals surface area contributed by atoms with Crippen LogP contribution in [0.5, 0.6) is 5.75 Å². The normalized spacial score (nSPS) is 18.1. The number of benzene rings is 1. The zero-order valence-electron chi connectivity index (χ0n) is 19.0. The van der Waals surface area contributed by atoms with E-state index in [0.717, 1.165) is 73.6 Å². The number of halogens is 3. The summed E-state index contributed by atoms with van der Waals surface area (Å²) in [6, 6.07) is 5.35. The number of anilines is 1. The summed E-state index contributed by atoms with van der Waals surface area (Å²) in [7, 11) is 0.